The summed E-state index contributed by atoms with van der Waals surface area (Å²) in [6.45, 7) is 9.57. The third-order valence-corrected chi connectivity index (χ3v) is 4.46. The van der Waals surface area contributed by atoms with E-state index < -0.39 is 0 Å². The minimum atomic E-state index is 0.707. The largest absolute Gasteiger partial charge is 0.359 e. The van der Waals surface area contributed by atoms with Crippen molar-refractivity contribution in [3.8, 4) is 0 Å². The molecule has 0 unspecified atom stereocenters. The summed E-state index contributed by atoms with van der Waals surface area (Å²) in [5.41, 5.74) is 5.18. The second-order valence-electron chi connectivity index (χ2n) is 6.32. The monoisotopic (exact) mass is 346 g/mol. The van der Waals surface area contributed by atoms with Crippen LogP contribution >= 0.6 is 12.2 Å². The molecule has 3 heteroatoms. The van der Waals surface area contributed by atoms with Crippen LogP contribution < -0.4 is 10.6 Å². The van der Waals surface area contributed by atoms with Gasteiger partial charge in [0, 0.05) is 12.2 Å². The summed E-state index contributed by atoms with van der Waals surface area (Å²) in [5, 5.41) is 7.40. The fourth-order valence-corrected chi connectivity index (χ4v) is 3.05. The number of anilines is 1. The molecule has 2 N–H and O–H groups in total. The molecule has 0 fully saturated rings. The Morgan fingerprint density at radius 1 is 1.00 bits per heavy atom. The third kappa shape index (κ3) is 7.48. The van der Waals surface area contributed by atoms with E-state index in [1.54, 1.807) is 0 Å². The first-order valence-corrected chi connectivity index (χ1v) is 9.85. The molecule has 0 saturated heterocycles. The van der Waals surface area contributed by atoms with Gasteiger partial charge in [-0.15, -0.1) is 0 Å². The Balaban J connectivity index is 2.46. The molecule has 0 aliphatic carbocycles. The van der Waals surface area contributed by atoms with Gasteiger partial charge in [0.15, 0.2) is 5.11 Å². The number of nitrogens with one attached hydrogen (secondary N) is 2. The standard InChI is InChI=1S/C21H34N2S/c1-5-8-9-10-11-12-13-14-22-21(24)23-20-18(6-2)15-17(4)16-19(20)7-3/h12-13,15-16H,5-11,14H2,1-4H3,(H2,22,23,24). The maximum Gasteiger partial charge on any atom is 0.171 e. The van der Waals surface area contributed by atoms with E-state index in [0.29, 0.717) is 5.11 Å². The Labute approximate surface area is 154 Å². The van der Waals surface area contributed by atoms with E-state index in [4.69, 9.17) is 12.2 Å². The number of hydrogen-bond donors (Lipinski definition) is 2. The van der Waals surface area contributed by atoms with Crippen LogP contribution in [-0.2, 0) is 12.8 Å². The molecule has 0 radical (unpaired) electrons. The Bertz CT molecular complexity index is 510. The van der Waals surface area contributed by atoms with Gasteiger partial charge in [-0.1, -0.05) is 69.9 Å². The fraction of sp³-hybridized carbons (Fsp3) is 0.571. The second-order valence-corrected chi connectivity index (χ2v) is 6.73. The molecule has 0 atom stereocenters. The molecule has 1 rings (SSSR count). The van der Waals surface area contributed by atoms with E-state index >= 15 is 0 Å². The van der Waals surface area contributed by atoms with Crippen LogP contribution in [0.5, 0.6) is 0 Å². The minimum absolute atomic E-state index is 0.707. The summed E-state index contributed by atoms with van der Waals surface area (Å²) in [7, 11) is 0. The predicted octanol–water partition coefficient (Wildman–Crippen LogP) is 5.93. The highest BCUT2D eigenvalue weighted by atomic mass is 32.1. The van der Waals surface area contributed by atoms with Crippen molar-refractivity contribution in [3.05, 3.63) is 41.0 Å². The number of aryl methyl sites for hydroxylation is 3. The van der Waals surface area contributed by atoms with Crippen LogP contribution in [0.2, 0.25) is 0 Å². The van der Waals surface area contributed by atoms with E-state index in [1.807, 2.05) is 0 Å². The van der Waals surface area contributed by atoms with E-state index in [9.17, 15) is 0 Å². The molecule has 1 aromatic carbocycles. The molecule has 0 aliphatic rings. The van der Waals surface area contributed by atoms with Gasteiger partial charge in [-0.2, -0.15) is 0 Å². The molecule has 0 amide bonds. The highest BCUT2D eigenvalue weighted by Gasteiger charge is 2.09. The number of benzene rings is 1. The first-order valence-electron chi connectivity index (χ1n) is 9.44. The van der Waals surface area contributed by atoms with Crippen molar-refractivity contribution in [2.45, 2.75) is 72.6 Å². The van der Waals surface area contributed by atoms with Crippen LogP contribution in [0, 0.1) is 6.92 Å². The molecule has 0 aromatic heterocycles. The molecule has 0 aliphatic heterocycles. The van der Waals surface area contributed by atoms with Gasteiger partial charge in [0.05, 0.1) is 0 Å². The van der Waals surface area contributed by atoms with Crippen LogP contribution in [0.1, 0.15) is 69.6 Å². The lowest BCUT2D eigenvalue weighted by molar-refractivity contribution is 0.674. The first-order chi connectivity index (χ1) is 11.6. The molecule has 0 spiro atoms. The van der Waals surface area contributed by atoms with Gasteiger partial charge in [-0.25, -0.2) is 0 Å². The summed E-state index contributed by atoms with van der Waals surface area (Å²) < 4.78 is 0. The molecule has 2 nitrogen and oxygen atoms in total. The van der Waals surface area contributed by atoms with Crippen molar-refractivity contribution < 1.29 is 0 Å². The number of rotatable bonds is 10. The van der Waals surface area contributed by atoms with Crippen molar-refractivity contribution in [2.75, 3.05) is 11.9 Å². The SMILES string of the molecule is CCCCCCC=CCNC(=S)Nc1c(CC)cc(C)cc1CC. The topological polar surface area (TPSA) is 24.1 Å². The predicted molar refractivity (Wildman–Crippen MR) is 112 cm³/mol. The van der Waals surface area contributed by atoms with Gasteiger partial charge in [0.2, 0.25) is 0 Å². The number of allylic oxidation sites excluding steroid dienone is 1. The zero-order valence-corrected chi connectivity index (χ0v) is 16.7. The first kappa shape index (κ1) is 20.7. The van der Waals surface area contributed by atoms with Crippen LogP contribution in [0.3, 0.4) is 0 Å². The smallest absolute Gasteiger partial charge is 0.171 e. The van der Waals surface area contributed by atoms with Crippen LogP contribution in [0.25, 0.3) is 0 Å². The Kier molecular flexibility index (Phi) is 10.4. The summed E-state index contributed by atoms with van der Waals surface area (Å²) in [6, 6.07) is 4.50. The van der Waals surface area contributed by atoms with Crippen LogP contribution in [-0.4, -0.2) is 11.7 Å². The highest BCUT2D eigenvalue weighted by molar-refractivity contribution is 7.80. The number of unbranched alkanes of at least 4 members (excludes halogenated alkanes) is 4. The van der Waals surface area contributed by atoms with E-state index in [1.165, 1.54) is 54.5 Å². The van der Waals surface area contributed by atoms with Crippen molar-refractivity contribution in [3.63, 3.8) is 0 Å². The van der Waals surface area contributed by atoms with Gasteiger partial charge in [0.25, 0.3) is 0 Å². The maximum atomic E-state index is 5.46. The third-order valence-electron chi connectivity index (χ3n) is 4.22. The molecule has 24 heavy (non-hydrogen) atoms. The number of hydrogen-bond acceptors (Lipinski definition) is 1. The van der Waals surface area contributed by atoms with Gasteiger partial charge >= 0.3 is 0 Å². The summed E-state index contributed by atoms with van der Waals surface area (Å²) in [6.07, 6.45) is 12.9. The van der Waals surface area contributed by atoms with E-state index in [0.717, 1.165) is 19.4 Å². The molecular weight excluding hydrogens is 312 g/mol. The van der Waals surface area contributed by atoms with Crippen molar-refractivity contribution in [1.29, 1.82) is 0 Å². The average Bonchev–Trinajstić information content (AvgIpc) is 2.58. The van der Waals surface area contributed by atoms with Gasteiger partial charge in [0.1, 0.15) is 0 Å². The minimum Gasteiger partial charge on any atom is -0.359 e. The Hall–Kier alpha value is -1.35. The lowest BCUT2D eigenvalue weighted by Gasteiger charge is -2.17. The Morgan fingerprint density at radius 2 is 1.67 bits per heavy atom. The molecule has 0 saturated carbocycles. The summed E-state index contributed by atoms with van der Waals surface area (Å²) in [4.78, 5) is 0. The normalized spacial score (nSPS) is 11.0. The molecular formula is C21H34N2S. The van der Waals surface area contributed by atoms with Gasteiger partial charge < -0.3 is 10.6 Å². The highest BCUT2D eigenvalue weighted by Crippen LogP contribution is 2.24. The van der Waals surface area contributed by atoms with Crippen molar-refractivity contribution in [2.24, 2.45) is 0 Å². The molecule has 0 heterocycles. The van der Waals surface area contributed by atoms with Crippen LogP contribution in [0.15, 0.2) is 24.3 Å². The van der Waals surface area contributed by atoms with E-state index in [2.05, 4.69) is 62.6 Å². The van der Waals surface area contributed by atoms with Crippen molar-refractivity contribution >= 4 is 23.0 Å². The van der Waals surface area contributed by atoms with Crippen molar-refractivity contribution in [1.82, 2.24) is 5.32 Å². The zero-order chi connectivity index (χ0) is 17.8. The lowest BCUT2D eigenvalue weighted by atomic mass is 10.00. The van der Waals surface area contributed by atoms with Gasteiger partial charge in [-0.3, -0.25) is 0 Å². The maximum absolute atomic E-state index is 5.46. The Morgan fingerprint density at radius 3 is 2.25 bits per heavy atom. The summed E-state index contributed by atoms with van der Waals surface area (Å²) in [5.74, 6) is 0. The lowest BCUT2D eigenvalue weighted by Crippen LogP contribution is -2.29. The molecule has 1 aromatic rings. The quantitative estimate of drug-likeness (QED) is 0.312. The van der Waals surface area contributed by atoms with E-state index in [-0.39, 0.29) is 0 Å². The van der Waals surface area contributed by atoms with Crippen LogP contribution in [0.4, 0.5) is 5.69 Å². The molecule has 134 valence electrons. The zero-order valence-electron chi connectivity index (χ0n) is 15.9. The second kappa shape index (κ2) is 12.1. The number of thiocarbonyl (C=S) groups is 1. The average molecular weight is 347 g/mol. The fourth-order valence-electron chi connectivity index (χ4n) is 2.86. The molecule has 0 bridgehead atoms. The summed E-state index contributed by atoms with van der Waals surface area (Å²) >= 11 is 5.46. The van der Waals surface area contributed by atoms with Gasteiger partial charge in [-0.05, 0) is 56.0 Å².